The van der Waals surface area contributed by atoms with Crippen molar-refractivity contribution in [2.24, 2.45) is 0 Å². The number of nitrogens with zero attached hydrogens (tertiary/aromatic N) is 4. The van der Waals surface area contributed by atoms with Gasteiger partial charge in [0.1, 0.15) is 12.1 Å². The number of morpholine rings is 1. The van der Waals surface area contributed by atoms with Gasteiger partial charge in [-0.15, -0.1) is 0 Å². The Morgan fingerprint density at radius 2 is 1.95 bits per heavy atom. The zero-order valence-electron chi connectivity index (χ0n) is 21.1. The lowest BCUT2D eigenvalue weighted by Crippen LogP contribution is -2.37. The molecule has 38 heavy (non-hydrogen) atoms. The topological polar surface area (TPSA) is 127 Å². The molecule has 4 heterocycles. The van der Waals surface area contributed by atoms with Crippen LogP contribution in [0.1, 0.15) is 23.5 Å². The van der Waals surface area contributed by atoms with Crippen molar-refractivity contribution in [1.29, 1.82) is 0 Å². The molecule has 2 fully saturated rings. The van der Waals surface area contributed by atoms with Gasteiger partial charge in [-0.1, -0.05) is 6.07 Å². The highest BCUT2D eigenvalue weighted by atomic mass is 16.5. The van der Waals surface area contributed by atoms with Gasteiger partial charge in [0, 0.05) is 30.1 Å². The van der Waals surface area contributed by atoms with E-state index >= 15 is 0 Å². The third-order valence-corrected chi connectivity index (χ3v) is 7.85. The Morgan fingerprint density at radius 3 is 2.76 bits per heavy atom. The number of carbonyl (C=O) groups excluding carboxylic acids is 1. The Labute approximate surface area is 218 Å². The largest absolute Gasteiger partial charge is 0.497 e. The van der Waals surface area contributed by atoms with Gasteiger partial charge in [-0.3, -0.25) is 9.89 Å². The highest BCUT2D eigenvalue weighted by Crippen LogP contribution is 2.65. The molecule has 194 valence electrons. The monoisotopic (exact) mass is 513 g/mol. The Kier molecular flexibility index (Phi) is 5.15. The van der Waals surface area contributed by atoms with Crippen LogP contribution in [0.25, 0.3) is 10.9 Å². The second-order valence-corrected chi connectivity index (χ2v) is 9.77. The molecule has 4 aromatic rings. The smallest absolute Gasteiger partial charge is 0.235 e. The lowest BCUT2D eigenvalue weighted by molar-refractivity contribution is -0.118. The van der Waals surface area contributed by atoms with Gasteiger partial charge in [0.2, 0.25) is 11.7 Å². The molecule has 1 amide bonds. The van der Waals surface area contributed by atoms with Crippen molar-refractivity contribution in [3.63, 3.8) is 0 Å². The van der Waals surface area contributed by atoms with Crippen molar-refractivity contribution >= 4 is 40.0 Å². The summed E-state index contributed by atoms with van der Waals surface area (Å²) in [4.78, 5) is 24.1. The number of fused-ring (bicyclic) bond motifs is 3. The first-order valence-electron chi connectivity index (χ1n) is 12.6. The summed E-state index contributed by atoms with van der Waals surface area (Å²) < 4.78 is 16.6. The average Bonchev–Trinajstić information content (AvgIpc) is 3.51. The van der Waals surface area contributed by atoms with E-state index in [0.717, 1.165) is 58.8 Å². The van der Waals surface area contributed by atoms with Crippen LogP contribution in [0.3, 0.4) is 0 Å². The van der Waals surface area contributed by atoms with Gasteiger partial charge in [-0.05, 0) is 47.9 Å². The summed E-state index contributed by atoms with van der Waals surface area (Å²) in [5.74, 6) is 3.33. The minimum absolute atomic E-state index is 0.0461. The van der Waals surface area contributed by atoms with Gasteiger partial charge in [0.25, 0.3) is 0 Å². The molecule has 1 saturated heterocycles. The molecular formula is C27H27N7O4. The number of anilines is 4. The normalized spacial score (nSPS) is 21.9. The van der Waals surface area contributed by atoms with Crippen molar-refractivity contribution in [2.45, 2.75) is 17.8 Å². The predicted octanol–water partition coefficient (Wildman–Crippen LogP) is 3.33. The number of rotatable bonds is 6. The van der Waals surface area contributed by atoms with Crippen LogP contribution >= 0.6 is 0 Å². The Balaban J connectivity index is 1.18. The first kappa shape index (κ1) is 22.8. The summed E-state index contributed by atoms with van der Waals surface area (Å²) in [6.45, 7) is 2.76. The van der Waals surface area contributed by atoms with Crippen molar-refractivity contribution in [3.05, 3.63) is 53.9 Å². The molecule has 7 rings (SSSR count). The highest BCUT2D eigenvalue weighted by molar-refractivity contribution is 6.10. The molecule has 1 saturated carbocycles. The van der Waals surface area contributed by atoms with Crippen molar-refractivity contribution in [3.8, 4) is 11.5 Å². The van der Waals surface area contributed by atoms with Crippen LogP contribution in [0.15, 0.2) is 42.7 Å². The second kappa shape index (κ2) is 8.59. The molecule has 0 bridgehead atoms. The molecule has 2 atom stereocenters. The van der Waals surface area contributed by atoms with E-state index in [0.29, 0.717) is 30.6 Å². The van der Waals surface area contributed by atoms with E-state index < -0.39 is 5.41 Å². The third kappa shape index (κ3) is 3.38. The van der Waals surface area contributed by atoms with Crippen LogP contribution in [0, 0.1) is 0 Å². The molecular weight excluding hydrogens is 486 g/mol. The fraction of sp³-hybridized carbons (Fsp3) is 0.333. The van der Waals surface area contributed by atoms with E-state index in [1.165, 1.54) is 6.33 Å². The summed E-state index contributed by atoms with van der Waals surface area (Å²) in [5, 5.41) is 14.9. The van der Waals surface area contributed by atoms with Crippen molar-refractivity contribution in [2.75, 3.05) is 56.1 Å². The van der Waals surface area contributed by atoms with Crippen LogP contribution in [-0.2, 0) is 14.9 Å². The third-order valence-electron chi connectivity index (χ3n) is 7.85. The van der Waals surface area contributed by atoms with Crippen LogP contribution in [0.2, 0.25) is 0 Å². The number of hydrogen-bond acceptors (Lipinski definition) is 9. The Hall–Kier alpha value is -4.38. The second-order valence-electron chi connectivity index (χ2n) is 9.77. The van der Waals surface area contributed by atoms with E-state index in [1.807, 2.05) is 24.3 Å². The zero-order valence-corrected chi connectivity index (χ0v) is 21.1. The molecule has 3 N–H and O–H groups in total. The summed E-state index contributed by atoms with van der Waals surface area (Å²) >= 11 is 0. The molecule has 11 nitrogen and oxygen atoms in total. The van der Waals surface area contributed by atoms with Gasteiger partial charge < -0.3 is 29.7 Å². The fourth-order valence-electron chi connectivity index (χ4n) is 5.80. The minimum atomic E-state index is -0.553. The standard InChI is InChI=1S/C27H27N7O4/c1-36-16-4-6-20-18(12-16)27(26(35)30-20)13-19(27)15-3-5-17-21(11-15)32-33-23(17)31-24-22(37-2)25(29-14-28-24)34-7-9-38-10-8-34/h3-6,11-12,14,19H,7-10,13H2,1-2H3,(H,30,35)(H2,28,29,31,32,33)/t19-,27-/m0/s1. The van der Waals surface area contributed by atoms with E-state index in [2.05, 4.69) is 47.8 Å². The Morgan fingerprint density at radius 1 is 1.08 bits per heavy atom. The van der Waals surface area contributed by atoms with Crippen LogP contribution < -0.4 is 25.0 Å². The van der Waals surface area contributed by atoms with E-state index in [-0.39, 0.29) is 11.8 Å². The molecule has 11 heteroatoms. The summed E-state index contributed by atoms with van der Waals surface area (Å²) in [6, 6.07) is 11.9. The minimum Gasteiger partial charge on any atom is -0.497 e. The van der Waals surface area contributed by atoms with Crippen molar-refractivity contribution < 1.29 is 19.0 Å². The predicted molar refractivity (Wildman–Crippen MR) is 142 cm³/mol. The average molecular weight is 514 g/mol. The maximum absolute atomic E-state index is 13.1. The number of aromatic nitrogens is 4. The van der Waals surface area contributed by atoms with Gasteiger partial charge in [0.05, 0.1) is 38.4 Å². The number of H-pyrrole nitrogens is 1. The van der Waals surface area contributed by atoms with E-state index in [1.54, 1.807) is 14.2 Å². The molecule has 1 spiro atoms. The maximum atomic E-state index is 13.1. The number of benzene rings is 2. The fourth-order valence-corrected chi connectivity index (χ4v) is 5.80. The number of ether oxygens (including phenoxy) is 3. The van der Waals surface area contributed by atoms with Gasteiger partial charge in [-0.2, -0.15) is 5.10 Å². The number of hydrogen-bond donors (Lipinski definition) is 3. The number of methoxy groups -OCH3 is 2. The molecule has 2 aliphatic heterocycles. The molecule has 0 unspecified atom stereocenters. The number of amides is 1. The van der Waals surface area contributed by atoms with Crippen LogP contribution in [0.5, 0.6) is 11.5 Å². The lowest BCUT2D eigenvalue weighted by Gasteiger charge is -2.29. The SMILES string of the molecule is COc1ccc2c(c1)[C@]1(C[C@H]1c1ccc3c(Nc4ncnc(N5CCOCC5)c4OC)n[nH]c3c1)C(=O)N2. The summed E-state index contributed by atoms with van der Waals surface area (Å²) in [6.07, 6.45) is 2.28. The van der Waals surface area contributed by atoms with Crippen LogP contribution in [0.4, 0.5) is 23.1 Å². The van der Waals surface area contributed by atoms with Crippen molar-refractivity contribution in [1.82, 2.24) is 20.2 Å². The van der Waals surface area contributed by atoms with E-state index in [9.17, 15) is 4.79 Å². The van der Waals surface area contributed by atoms with E-state index in [4.69, 9.17) is 14.2 Å². The zero-order chi connectivity index (χ0) is 25.9. The molecule has 0 radical (unpaired) electrons. The summed E-state index contributed by atoms with van der Waals surface area (Å²) in [5.41, 5.74) is 3.28. The quantitative estimate of drug-likeness (QED) is 0.356. The van der Waals surface area contributed by atoms with Gasteiger partial charge in [0.15, 0.2) is 17.5 Å². The number of nitrogens with one attached hydrogen (secondary N) is 3. The first-order chi connectivity index (χ1) is 18.6. The molecule has 3 aliphatic rings. The maximum Gasteiger partial charge on any atom is 0.235 e. The highest BCUT2D eigenvalue weighted by Gasteiger charge is 2.65. The number of aromatic amines is 1. The van der Waals surface area contributed by atoms with Gasteiger partial charge in [-0.25, -0.2) is 9.97 Å². The Bertz CT molecular complexity index is 1560. The lowest BCUT2D eigenvalue weighted by atomic mass is 9.91. The number of carbonyl (C=O) groups is 1. The summed E-state index contributed by atoms with van der Waals surface area (Å²) in [7, 11) is 3.25. The molecule has 2 aromatic heterocycles. The molecule has 2 aromatic carbocycles. The van der Waals surface area contributed by atoms with Gasteiger partial charge >= 0.3 is 0 Å². The molecule has 1 aliphatic carbocycles. The first-order valence-corrected chi connectivity index (χ1v) is 12.6. The van der Waals surface area contributed by atoms with Crippen LogP contribution in [-0.4, -0.2) is 66.6 Å².